The van der Waals surface area contributed by atoms with Crippen LogP contribution in [-0.2, 0) is 9.59 Å². The molecular formula is C12H22N2O4. The first-order valence-electron chi connectivity index (χ1n) is 6.40. The molecule has 1 saturated carbocycles. The Balaban J connectivity index is 2.28. The van der Waals surface area contributed by atoms with Crippen LogP contribution in [0.5, 0.6) is 0 Å². The number of carbonyl (C=O) groups is 2. The number of nitrogens with one attached hydrogen (secondary N) is 1. The van der Waals surface area contributed by atoms with Gasteiger partial charge in [0.1, 0.15) is 0 Å². The van der Waals surface area contributed by atoms with Gasteiger partial charge in [-0.1, -0.05) is 19.3 Å². The Kier molecular flexibility index (Phi) is 5.55. The van der Waals surface area contributed by atoms with Crippen molar-refractivity contribution in [1.82, 2.24) is 5.32 Å². The first kappa shape index (κ1) is 14.9. The van der Waals surface area contributed by atoms with Crippen molar-refractivity contribution < 1.29 is 19.8 Å². The zero-order chi connectivity index (χ0) is 13.6. The van der Waals surface area contributed by atoms with Crippen LogP contribution in [0, 0.1) is 0 Å². The molecule has 1 fully saturated rings. The summed E-state index contributed by atoms with van der Waals surface area (Å²) in [5.74, 6) is -1.36. The number of rotatable bonds is 6. The molecule has 0 heterocycles. The molecule has 1 atom stereocenters. The van der Waals surface area contributed by atoms with Crippen molar-refractivity contribution in [3.8, 4) is 0 Å². The fraction of sp³-hybridized carbons (Fsp3) is 0.833. The highest BCUT2D eigenvalue weighted by molar-refractivity contribution is 5.82. The van der Waals surface area contributed by atoms with Crippen molar-refractivity contribution in [2.75, 3.05) is 6.54 Å². The lowest BCUT2D eigenvalue weighted by molar-refractivity contribution is -0.137. The maximum atomic E-state index is 11.6. The molecule has 104 valence electrons. The molecule has 1 aliphatic carbocycles. The van der Waals surface area contributed by atoms with Crippen molar-refractivity contribution in [3.63, 3.8) is 0 Å². The summed E-state index contributed by atoms with van der Waals surface area (Å²) < 4.78 is 0. The van der Waals surface area contributed by atoms with Crippen LogP contribution in [0.2, 0.25) is 0 Å². The molecule has 1 rings (SSSR count). The van der Waals surface area contributed by atoms with Gasteiger partial charge in [-0.25, -0.2) is 0 Å². The molecule has 0 saturated heterocycles. The Morgan fingerprint density at radius 2 is 1.89 bits per heavy atom. The summed E-state index contributed by atoms with van der Waals surface area (Å²) in [5.41, 5.74) is 4.75. The Morgan fingerprint density at radius 3 is 2.44 bits per heavy atom. The van der Waals surface area contributed by atoms with E-state index in [1.165, 1.54) is 0 Å². The van der Waals surface area contributed by atoms with Gasteiger partial charge in [-0.3, -0.25) is 9.59 Å². The first-order chi connectivity index (χ1) is 8.43. The highest BCUT2D eigenvalue weighted by atomic mass is 16.4. The van der Waals surface area contributed by atoms with Gasteiger partial charge >= 0.3 is 5.97 Å². The first-order valence-corrected chi connectivity index (χ1v) is 6.40. The number of carboxylic acid groups (broad SMARTS) is 1. The monoisotopic (exact) mass is 258 g/mol. The number of amides is 1. The third-order valence-electron chi connectivity index (χ3n) is 3.38. The summed E-state index contributed by atoms with van der Waals surface area (Å²) in [6.45, 7) is 0.201. The van der Waals surface area contributed by atoms with Crippen LogP contribution in [0.15, 0.2) is 0 Å². The lowest BCUT2D eigenvalue weighted by Crippen LogP contribution is -2.49. The van der Waals surface area contributed by atoms with E-state index in [4.69, 9.17) is 10.8 Å². The van der Waals surface area contributed by atoms with Crippen LogP contribution < -0.4 is 11.1 Å². The predicted molar refractivity (Wildman–Crippen MR) is 65.9 cm³/mol. The minimum atomic E-state index is -0.968. The minimum Gasteiger partial charge on any atom is -0.481 e. The Labute approximate surface area is 107 Å². The topological polar surface area (TPSA) is 113 Å². The SMILES string of the molecule is NC(CCC(=O)O)C(=O)NCC1(O)CCCCC1. The molecular weight excluding hydrogens is 236 g/mol. The molecule has 1 amide bonds. The number of hydrogen-bond donors (Lipinski definition) is 4. The van der Waals surface area contributed by atoms with E-state index < -0.39 is 23.5 Å². The molecule has 1 aliphatic rings. The number of aliphatic hydroxyl groups is 1. The van der Waals surface area contributed by atoms with E-state index in [1.807, 2.05) is 0 Å². The van der Waals surface area contributed by atoms with Crippen molar-refractivity contribution in [1.29, 1.82) is 0 Å². The van der Waals surface area contributed by atoms with Crippen LogP contribution >= 0.6 is 0 Å². The van der Waals surface area contributed by atoms with Crippen molar-refractivity contribution in [2.45, 2.75) is 56.6 Å². The van der Waals surface area contributed by atoms with E-state index in [2.05, 4.69) is 5.32 Å². The zero-order valence-electron chi connectivity index (χ0n) is 10.5. The molecule has 0 bridgehead atoms. The van der Waals surface area contributed by atoms with Gasteiger partial charge in [0, 0.05) is 13.0 Å². The highest BCUT2D eigenvalue weighted by Gasteiger charge is 2.30. The van der Waals surface area contributed by atoms with Crippen LogP contribution in [0.4, 0.5) is 0 Å². The summed E-state index contributed by atoms with van der Waals surface area (Å²) in [7, 11) is 0. The Morgan fingerprint density at radius 1 is 1.28 bits per heavy atom. The number of carboxylic acids is 1. The molecule has 0 aromatic rings. The van der Waals surface area contributed by atoms with Gasteiger partial charge in [-0.2, -0.15) is 0 Å². The minimum absolute atomic E-state index is 0.111. The second-order valence-electron chi connectivity index (χ2n) is 5.04. The van der Waals surface area contributed by atoms with E-state index in [0.29, 0.717) is 12.8 Å². The summed E-state index contributed by atoms with van der Waals surface area (Å²) in [5, 5.41) is 21.3. The predicted octanol–water partition coefficient (Wildman–Crippen LogP) is -0.0101. The summed E-state index contributed by atoms with van der Waals surface area (Å²) in [6, 6.07) is -0.826. The molecule has 0 spiro atoms. The van der Waals surface area contributed by atoms with Gasteiger partial charge in [0.25, 0.3) is 0 Å². The Hall–Kier alpha value is -1.14. The van der Waals surface area contributed by atoms with Gasteiger partial charge in [0.05, 0.1) is 11.6 Å². The highest BCUT2D eigenvalue weighted by Crippen LogP contribution is 2.27. The fourth-order valence-corrected chi connectivity index (χ4v) is 2.18. The molecule has 5 N–H and O–H groups in total. The maximum Gasteiger partial charge on any atom is 0.303 e. The van der Waals surface area contributed by atoms with E-state index in [-0.39, 0.29) is 19.4 Å². The van der Waals surface area contributed by atoms with E-state index in [9.17, 15) is 14.7 Å². The summed E-state index contributed by atoms with van der Waals surface area (Å²) in [6.07, 6.45) is 4.43. The van der Waals surface area contributed by atoms with Gasteiger partial charge in [0.15, 0.2) is 0 Å². The van der Waals surface area contributed by atoms with Crippen molar-refractivity contribution >= 4 is 11.9 Å². The molecule has 0 aromatic heterocycles. The second-order valence-corrected chi connectivity index (χ2v) is 5.04. The average molecular weight is 258 g/mol. The molecule has 0 aliphatic heterocycles. The third kappa shape index (κ3) is 5.01. The standard InChI is InChI=1S/C12H22N2O4/c13-9(4-5-10(15)16)11(17)14-8-12(18)6-2-1-3-7-12/h9,18H,1-8,13H2,(H,14,17)(H,15,16). The zero-order valence-corrected chi connectivity index (χ0v) is 10.5. The smallest absolute Gasteiger partial charge is 0.303 e. The second kappa shape index (κ2) is 6.70. The molecule has 6 nitrogen and oxygen atoms in total. The van der Waals surface area contributed by atoms with Gasteiger partial charge < -0.3 is 21.3 Å². The Bertz CT molecular complexity index is 300. The van der Waals surface area contributed by atoms with Crippen LogP contribution in [0.3, 0.4) is 0 Å². The lowest BCUT2D eigenvalue weighted by Gasteiger charge is -2.32. The summed E-state index contributed by atoms with van der Waals surface area (Å²) in [4.78, 5) is 22.0. The van der Waals surface area contributed by atoms with Crippen LogP contribution in [0.25, 0.3) is 0 Å². The summed E-state index contributed by atoms with van der Waals surface area (Å²) >= 11 is 0. The van der Waals surface area contributed by atoms with Crippen molar-refractivity contribution in [3.05, 3.63) is 0 Å². The quantitative estimate of drug-likeness (QED) is 0.535. The van der Waals surface area contributed by atoms with E-state index in [1.54, 1.807) is 0 Å². The maximum absolute atomic E-state index is 11.6. The van der Waals surface area contributed by atoms with E-state index >= 15 is 0 Å². The lowest BCUT2D eigenvalue weighted by atomic mass is 9.85. The molecule has 6 heteroatoms. The molecule has 1 unspecified atom stereocenters. The van der Waals surface area contributed by atoms with Gasteiger partial charge in [0.2, 0.25) is 5.91 Å². The number of hydrogen-bond acceptors (Lipinski definition) is 4. The van der Waals surface area contributed by atoms with Crippen molar-refractivity contribution in [2.24, 2.45) is 5.73 Å². The largest absolute Gasteiger partial charge is 0.481 e. The number of nitrogens with two attached hydrogens (primary N) is 1. The molecule has 18 heavy (non-hydrogen) atoms. The number of carbonyl (C=O) groups excluding carboxylic acids is 1. The molecule has 0 aromatic carbocycles. The van der Waals surface area contributed by atoms with Crippen LogP contribution in [0.1, 0.15) is 44.9 Å². The fourth-order valence-electron chi connectivity index (χ4n) is 2.18. The third-order valence-corrected chi connectivity index (χ3v) is 3.38. The average Bonchev–Trinajstić information content (AvgIpc) is 2.34. The normalized spacial score (nSPS) is 20.1. The van der Waals surface area contributed by atoms with E-state index in [0.717, 1.165) is 19.3 Å². The van der Waals surface area contributed by atoms with Gasteiger partial charge in [-0.05, 0) is 19.3 Å². The van der Waals surface area contributed by atoms with Crippen LogP contribution in [-0.4, -0.2) is 40.3 Å². The molecule has 0 radical (unpaired) electrons. The number of aliphatic carboxylic acids is 1. The van der Waals surface area contributed by atoms with Gasteiger partial charge in [-0.15, -0.1) is 0 Å².